The number of ether oxygens (including phenoxy) is 1. The van der Waals surface area contributed by atoms with Crippen LogP contribution >= 0.6 is 0 Å². The van der Waals surface area contributed by atoms with Crippen molar-refractivity contribution in [2.75, 3.05) is 0 Å². The van der Waals surface area contributed by atoms with E-state index in [0.717, 1.165) is 30.6 Å². The lowest BCUT2D eigenvalue weighted by molar-refractivity contribution is 0.0719. The lowest BCUT2D eigenvalue weighted by atomic mass is 9.87. The number of ketones is 1. The zero-order chi connectivity index (χ0) is 13.0. The summed E-state index contributed by atoms with van der Waals surface area (Å²) < 4.78 is 5.98. The van der Waals surface area contributed by atoms with E-state index in [2.05, 4.69) is 19.9 Å². The van der Waals surface area contributed by atoms with Gasteiger partial charge in [-0.3, -0.25) is 4.79 Å². The smallest absolute Gasteiger partial charge is 0.177 e. The van der Waals surface area contributed by atoms with E-state index in [4.69, 9.17) is 4.74 Å². The van der Waals surface area contributed by atoms with Gasteiger partial charge in [0.2, 0.25) is 0 Å². The predicted molar refractivity (Wildman–Crippen MR) is 73.0 cm³/mol. The molecule has 2 unspecified atom stereocenters. The monoisotopic (exact) mass is 244 g/mol. The molecule has 1 aliphatic rings. The van der Waals surface area contributed by atoms with Crippen molar-refractivity contribution in [2.24, 2.45) is 5.92 Å². The second kappa shape index (κ2) is 5.85. The van der Waals surface area contributed by atoms with Gasteiger partial charge in [-0.25, -0.2) is 0 Å². The third kappa shape index (κ3) is 2.47. The van der Waals surface area contributed by atoms with Gasteiger partial charge in [0.15, 0.2) is 5.78 Å². The number of Topliss-reactive ketones (excluding diaryl/α,β-unsaturated/α-hetero) is 1. The molecule has 0 fully saturated rings. The van der Waals surface area contributed by atoms with E-state index < -0.39 is 0 Å². The standard InChI is InChI=1S/C16H20O2/c1-3-5-9-12-14(8-4-2)18-15-11-7-6-10-13(15)16(12)17/h5-7,9-12,14H,3-4,8H2,1-2H3/b9-5+. The van der Waals surface area contributed by atoms with E-state index >= 15 is 0 Å². The number of hydrogen-bond donors (Lipinski definition) is 0. The molecule has 0 saturated heterocycles. The number of carbonyl (C=O) groups excluding carboxylic acids is 1. The van der Waals surface area contributed by atoms with E-state index in [9.17, 15) is 4.79 Å². The fourth-order valence-electron chi connectivity index (χ4n) is 2.37. The van der Waals surface area contributed by atoms with Crippen LogP contribution in [0.1, 0.15) is 43.5 Å². The van der Waals surface area contributed by atoms with E-state index in [0.29, 0.717) is 0 Å². The molecular formula is C16H20O2. The Hall–Kier alpha value is -1.57. The van der Waals surface area contributed by atoms with Crippen molar-refractivity contribution in [3.63, 3.8) is 0 Å². The van der Waals surface area contributed by atoms with Crippen LogP contribution in [-0.2, 0) is 0 Å². The van der Waals surface area contributed by atoms with Gasteiger partial charge in [0.1, 0.15) is 11.9 Å². The Kier molecular flexibility index (Phi) is 4.19. The molecule has 2 atom stereocenters. The summed E-state index contributed by atoms with van der Waals surface area (Å²) in [5.74, 6) is 0.807. The summed E-state index contributed by atoms with van der Waals surface area (Å²) in [6.07, 6.45) is 6.95. The Balaban J connectivity index is 2.33. The first-order valence-electron chi connectivity index (χ1n) is 6.74. The van der Waals surface area contributed by atoms with E-state index in [-0.39, 0.29) is 17.8 Å². The number of carbonyl (C=O) groups is 1. The molecule has 2 nitrogen and oxygen atoms in total. The third-order valence-electron chi connectivity index (χ3n) is 3.29. The van der Waals surface area contributed by atoms with Crippen LogP contribution < -0.4 is 4.74 Å². The van der Waals surface area contributed by atoms with Crippen LogP contribution in [0.2, 0.25) is 0 Å². The number of fused-ring (bicyclic) bond motifs is 1. The molecule has 18 heavy (non-hydrogen) atoms. The summed E-state index contributed by atoms with van der Waals surface area (Å²) >= 11 is 0. The number of allylic oxidation sites excluding steroid dienone is 1. The van der Waals surface area contributed by atoms with Crippen molar-refractivity contribution < 1.29 is 9.53 Å². The lowest BCUT2D eigenvalue weighted by Crippen LogP contribution is -2.36. The van der Waals surface area contributed by atoms with Crippen LogP contribution in [0.3, 0.4) is 0 Å². The summed E-state index contributed by atoms with van der Waals surface area (Å²) in [6, 6.07) is 7.54. The number of rotatable bonds is 4. The Bertz CT molecular complexity index is 448. The molecule has 2 heteroatoms. The van der Waals surface area contributed by atoms with Crippen LogP contribution in [0.25, 0.3) is 0 Å². The van der Waals surface area contributed by atoms with Gasteiger partial charge in [-0.15, -0.1) is 0 Å². The van der Waals surface area contributed by atoms with Crippen molar-refractivity contribution >= 4 is 5.78 Å². The minimum atomic E-state index is -0.125. The zero-order valence-electron chi connectivity index (χ0n) is 11.1. The predicted octanol–water partition coefficient (Wildman–Crippen LogP) is 4.01. The molecule has 96 valence electrons. The second-order valence-electron chi connectivity index (χ2n) is 4.67. The highest BCUT2D eigenvalue weighted by Gasteiger charge is 2.34. The largest absolute Gasteiger partial charge is 0.489 e. The van der Waals surface area contributed by atoms with Gasteiger partial charge in [0.05, 0.1) is 11.5 Å². The topological polar surface area (TPSA) is 26.3 Å². The van der Waals surface area contributed by atoms with E-state index in [1.165, 1.54) is 0 Å². The molecule has 1 heterocycles. The van der Waals surface area contributed by atoms with Gasteiger partial charge >= 0.3 is 0 Å². The molecule has 0 saturated carbocycles. The zero-order valence-corrected chi connectivity index (χ0v) is 11.1. The Morgan fingerprint density at radius 2 is 2.06 bits per heavy atom. The van der Waals surface area contributed by atoms with Crippen molar-refractivity contribution in [3.8, 4) is 5.75 Å². The second-order valence-corrected chi connectivity index (χ2v) is 4.67. The first kappa shape index (κ1) is 12.9. The molecule has 0 aromatic heterocycles. The lowest BCUT2D eigenvalue weighted by Gasteiger charge is -2.30. The molecule has 0 N–H and O–H groups in total. The van der Waals surface area contributed by atoms with Crippen LogP contribution in [0.15, 0.2) is 36.4 Å². The molecule has 1 aromatic carbocycles. The maximum atomic E-state index is 12.5. The van der Waals surface area contributed by atoms with Gasteiger partial charge in [-0.05, 0) is 25.0 Å². The quantitative estimate of drug-likeness (QED) is 0.748. The summed E-state index contributed by atoms with van der Waals surface area (Å²) in [7, 11) is 0. The summed E-state index contributed by atoms with van der Waals surface area (Å²) in [5, 5.41) is 0. The molecule has 2 rings (SSSR count). The average molecular weight is 244 g/mol. The first-order chi connectivity index (χ1) is 8.77. The Morgan fingerprint density at radius 3 is 2.78 bits per heavy atom. The van der Waals surface area contributed by atoms with Gasteiger partial charge in [0, 0.05) is 0 Å². The summed E-state index contributed by atoms with van der Waals surface area (Å²) in [5.41, 5.74) is 0.718. The van der Waals surface area contributed by atoms with Crippen molar-refractivity contribution in [3.05, 3.63) is 42.0 Å². The normalized spacial score (nSPS) is 22.9. The molecule has 0 bridgehead atoms. The van der Waals surface area contributed by atoms with Gasteiger partial charge in [-0.2, -0.15) is 0 Å². The summed E-state index contributed by atoms with van der Waals surface area (Å²) in [6.45, 7) is 4.20. The Morgan fingerprint density at radius 1 is 1.28 bits per heavy atom. The molecule has 0 aliphatic carbocycles. The van der Waals surface area contributed by atoms with Crippen molar-refractivity contribution in [1.29, 1.82) is 0 Å². The van der Waals surface area contributed by atoms with Crippen molar-refractivity contribution in [1.82, 2.24) is 0 Å². The van der Waals surface area contributed by atoms with Gasteiger partial charge in [-0.1, -0.05) is 44.6 Å². The highest BCUT2D eigenvalue weighted by molar-refractivity contribution is 6.02. The average Bonchev–Trinajstić information content (AvgIpc) is 2.39. The third-order valence-corrected chi connectivity index (χ3v) is 3.29. The maximum Gasteiger partial charge on any atom is 0.177 e. The number of hydrogen-bond acceptors (Lipinski definition) is 2. The van der Waals surface area contributed by atoms with Crippen molar-refractivity contribution in [2.45, 2.75) is 39.2 Å². The summed E-state index contributed by atoms with van der Waals surface area (Å²) in [4.78, 5) is 12.5. The Labute approximate surface area is 109 Å². The molecule has 1 aliphatic heterocycles. The molecule has 0 amide bonds. The van der Waals surface area contributed by atoms with Gasteiger partial charge in [0.25, 0.3) is 0 Å². The number of para-hydroxylation sites is 1. The maximum absolute atomic E-state index is 12.5. The highest BCUT2D eigenvalue weighted by Crippen LogP contribution is 2.33. The number of benzene rings is 1. The van der Waals surface area contributed by atoms with Gasteiger partial charge < -0.3 is 4.74 Å². The van der Waals surface area contributed by atoms with E-state index in [1.807, 2.05) is 30.3 Å². The van der Waals surface area contributed by atoms with Crippen LogP contribution in [0.5, 0.6) is 5.75 Å². The van der Waals surface area contributed by atoms with E-state index in [1.54, 1.807) is 0 Å². The first-order valence-corrected chi connectivity index (χ1v) is 6.74. The fraction of sp³-hybridized carbons (Fsp3) is 0.438. The fourth-order valence-corrected chi connectivity index (χ4v) is 2.37. The molecule has 1 aromatic rings. The van der Waals surface area contributed by atoms with Crippen LogP contribution in [0, 0.1) is 5.92 Å². The molecular weight excluding hydrogens is 224 g/mol. The SMILES string of the molecule is CC/C=C/C1C(=O)c2ccccc2OC1CCC. The minimum absolute atomic E-state index is 0.0137. The molecule has 0 radical (unpaired) electrons. The van der Waals surface area contributed by atoms with Crippen LogP contribution in [0.4, 0.5) is 0 Å². The minimum Gasteiger partial charge on any atom is -0.489 e. The highest BCUT2D eigenvalue weighted by atomic mass is 16.5. The molecule has 0 spiro atoms. The van der Waals surface area contributed by atoms with Crippen LogP contribution in [-0.4, -0.2) is 11.9 Å².